The summed E-state index contributed by atoms with van der Waals surface area (Å²) in [5.74, 6) is -1.67. The van der Waals surface area contributed by atoms with E-state index in [2.05, 4.69) is 4.72 Å². The molecule has 0 spiro atoms. The van der Waals surface area contributed by atoms with Gasteiger partial charge in [0.15, 0.2) is 5.82 Å². The minimum atomic E-state index is -4.08. The maximum Gasteiger partial charge on any atom is 0.286 e. The van der Waals surface area contributed by atoms with Crippen LogP contribution >= 0.6 is 0 Å². The van der Waals surface area contributed by atoms with Gasteiger partial charge in [-0.25, -0.2) is 17.2 Å². The maximum absolute atomic E-state index is 14.3. The van der Waals surface area contributed by atoms with Crippen LogP contribution in [0.4, 0.5) is 14.5 Å². The van der Waals surface area contributed by atoms with Crippen molar-refractivity contribution in [3.8, 4) is 0 Å². The van der Waals surface area contributed by atoms with Gasteiger partial charge in [0, 0.05) is 25.2 Å². The summed E-state index contributed by atoms with van der Waals surface area (Å²) < 4.78 is 56.4. The van der Waals surface area contributed by atoms with Crippen LogP contribution in [0.25, 0.3) is 0 Å². The van der Waals surface area contributed by atoms with Gasteiger partial charge in [0.05, 0.1) is 23.1 Å². The lowest BCUT2D eigenvalue weighted by Crippen LogP contribution is -2.35. The summed E-state index contributed by atoms with van der Waals surface area (Å²) in [4.78, 5) is 12.1. The Labute approximate surface area is 173 Å². The molecule has 3 rings (SSSR count). The third kappa shape index (κ3) is 4.26. The molecule has 0 aliphatic heterocycles. The monoisotopic (exact) mass is 442 g/mol. The SMILES string of the molecule is Cc1ccc(Cc2c(NS(=O)(=O)C3(CC(O)CO)CC3)cc(F)c(=O)n2C)c(F)c1. The Hall–Kier alpha value is -2.30. The van der Waals surface area contributed by atoms with Crippen LogP contribution in [0.1, 0.15) is 36.1 Å². The normalized spacial score (nSPS) is 16.3. The molecule has 1 atom stereocenters. The first kappa shape index (κ1) is 22.4. The number of halogens is 2. The molecule has 1 aliphatic rings. The summed E-state index contributed by atoms with van der Waals surface area (Å²) >= 11 is 0. The van der Waals surface area contributed by atoms with Crippen LogP contribution in [0.3, 0.4) is 0 Å². The number of nitrogens with zero attached hydrogens (tertiary/aromatic N) is 1. The van der Waals surface area contributed by atoms with Gasteiger partial charge in [-0.3, -0.25) is 9.52 Å². The zero-order chi connectivity index (χ0) is 22.3. The number of nitrogens with one attached hydrogen (secondary N) is 1. The molecule has 1 aromatic heterocycles. The summed E-state index contributed by atoms with van der Waals surface area (Å²) in [6.45, 7) is 1.14. The summed E-state index contributed by atoms with van der Waals surface area (Å²) in [5, 5.41) is 18.8. The van der Waals surface area contributed by atoms with Gasteiger partial charge in [-0.2, -0.15) is 0 Å². The van der Waals surface area contributed by atoms with Crippen molar-refractivity contribution in [1.82, 2.24) is 4.57 Å². The Kier molecular flexibility index (Phi) is 6.03. The van der Waals surface area contributed by atoms with Gasteiger partial charge in [0.1, 0.15) is 5.82 Å². The Bertz CT molecular complexity index is 1130. The molecule has 1 saturated carbocycles. The minimum Gasteiger partial charge on any atom is -0.394 e. The molecule has 30 heavy (non-hydrogen) atoms. The topological polar surface area (TPSA) is 109 Å². The number of aromatic nitrogens is 1. The second-order valence-electron chi connectivity index (χ2n) is 7.82. The lowest BCUT2D eigenvalue weighted by molar-refractivity contribution is 0.0858. The highest BCUT2D eigenvalue weighted by molar-refractivity contribution is 7.94. The molecule has 0 saturated heterocycles. The molecule has 1 aromatic carbocycles. The summed E-state index contributed by atoms with van der Waals surface area (Å²) in [6, 6.07) is 5.31. The van der Waals surface area contributed by atoms with E-state index in [-0.39, 0.29) is 42.6 Å². The average molecular weight is 442 g/mol. The number of aliphatic hydroxyl groups excluding tert-OH is 2. The quantitative estimate of drug-likeness (QED) is 0.575. The molecule has 1 fully saturated rings. The van der Waals surface area contributed by atoms with Crippen LogP contribution in [0.5, 0.6) is 0 Å². The number of aliphatic hydroxyl groups is 2. The minimum absolute atomic E-state index is 0.103. The summed E-state index contributed by atoms with van der Waals surface area (Å²) in [7, 11) is -2.80. The number of rotatable bonds is 8. The van der Waals surface area contributed by atoms with E-state index in [4.69, 9.17) is 5.11 Å². The Morgan fingerprint density at radius 3 is 2.47 bits per heavy atom. The first-order valence-electron chi connectivity index (χ1n) is 9.44. The standard InChI is InChI=1S/C20H24F2N2O5S/c1-12-3-4-13(15(21)7-12)8-18-17(9-16(22)19(27)24(18)2)23-30(28,29)20(5-6-20)10-14(26)11-25/h3-4,7,9,14,23,25-26H,5-6,8,10-11H2,1-2H3. The largest absolute Gasteiger partial charge is 0.394 e. The van der Waals surface area contributed by atoms with Crippen molar-refractivity contribution < 1.29 is 27.4 Å². The van der Waals surface area contributed by atoms with Crippen molar-refractivity contribution in [3.63, 3.8) is 0 Å². The lowest BCUT2D eigenvalue weighted by Gasteiger charge is -2.22. The van der Waals surface area contributed by atoms with Gasteiger partial charge >= 0.3 is 0 Å². The van der Waals surface area contributed by atoms with Crippen LogP contribution in [-0.4, -0.2) is 40.7 Å². The number of benzene rings is 1. The fourth-order valence-electron chi connectivity index (χ4n) is 3.48. The zero-order valence-corrected chi connectivity index (χ0v) is 17.5. The molecule has 1 heterocycles. The van der Waals surface area contributed by atoms with E-state index in [9.17, 15) is 27.1 Å². The van der Waals surface area contributed by atoms with Crippen molar-refractivity contribution in [2.24, 2.45) is 7.05 Å². The molecule has 0 radical (unpaired) electrons. The molecule has 0 amide bonds. The van der Waals surface area contributed by atoms with Gasteiger partial charge in [-0.05, 0) is 43.4 Å². The molecule has 3 N–H and O–H groups in total. The number of sulfonamides is 1. The van der Waals surface area contributed by atoms with Gasteiger partial charge < -0.3 is 14.8 Å². The Balaban J connectivity index is 2.01. The number of pyridine rings is 1. The highest BCUT2D eigenvalue weighted by atomic mass is 32.2. The van der Waals surface area contributed by atoms with Crippen LogP contribution < -0.4 is 10.3 Å². The molecule has 0 bridgehead atoms. The van der Waals surface area contributed by atoms with Gasteiger partial charge in [-0.1, -0.05) is 12.1 Å². The number of aryl methyl sites for hydroxylation is 1. The van der Waals surface area contributed by atoms with Crippen molar-refractivity contribution >= 4 is 15.7 Å². The predicted molar refractivity (Wildman–Crippen MR) is 108 cm³/mol. The smallest absolute Gasteiger partial charge is 0.286 e. The van der Waals surface area contributed by atoms with Gasteiger partial charge in [-0.15, -0.1) is 0 Å². The van der Waals surface area contributed by atoms with Gasteiger partial charge in [0.2, 0.25) is 10.0 Å². The molecule has 164 valence electrons. The molecular formula is C20H24F2N2O5S. The zero-order valence-electron chi connectivity index (χ0n) is 16.7. The molecule has 10 heteroatoms. The van der Waals surface area contributed by atoms with Crippen molar-refractivity contribution in [2.45, 2.75) is 43.5 Å². The van der Waals surface area contributed by atoms with Crippen LogP contribution in [0.2, 0.25) is 0 Å². The molecule has 1 aliphatic carbocycles. The molecule has 2 aromatic rings. The Morgan fingerprint density at radius 1 is 1.23 bits per heavy atom. The number of anilines is 1. The van der Waals surface area contributed by atoms with E-state index in [0.29, 0.717) is 5.56 Å². The fourth-order valence-corrected chi connectivity index (χ4v) is 5.22. The molecular weight excluding hydrogens is 418 g/mol. The van der Waals surface area contributed by atoms with E-state index in [1.54, 1.807) is 13.0 Å². The summed E-state index contributed by atoms with van der Waals surface area (Å²) in [6.07, 6.45) is -0.968. The van der Waals surface area contributed by atoms with Gasteiger partial charge in [0.25, 0.3) is 5.56 Å². The van der Waals surface area contributed by atoms with E-state index >= 15 is 0 Å². The first-order valence-corrected chi connectivity index (χ1v) is 10.9. The predicted octanol–water partition coefficient (Wildman–Crippen LogP) is 1.58. The second-order valence-corrected chi connectivity index (χ2v) is 9.89. The van der Waals surface area contributed by atoms with Crippen LogP contribution in [-0.2, 0) is 23.5 Å². The van der Waals surface area contributed by atoms with E-state index in [0.717, 1.165) is 10.6 Å². The number of hydrogen-bond acceptors (Lipinski definition) is 5. The summed E-state index contributed by atoms with van der Waals surface area (Å²) in [5.41, 5.74) is -0.106. The van der Waals surface area contributed by atoms with Crippen molar-refractivity contribution in [2.75, 3.05) is 11.3 Å². The third-order valence-corrected chi connectivity index (χ3v) is 7.71. The second kappa shape index (κ2) is 8.09. The average Bonchev–Trinajstić information content (AvgIpc) is 3.45. The van der Waals surface area contributed by atoms with Crippen molar-refractivity contribution in [1.29, 1.82) is 0 Å². The number of hydrogen-bond donors (Lipinski definition) is 3. The highest BCUT2D eigenvalue weighted by Gasteiger charge is 2.55. The molecule has 1 unspecified atom stereocenters. The lowest BCUT2D eigenvalue weighted by atomic mass is 10.1. The fraction of sp³-hybridized carbons (Fsp3) is 0.450. The highest BCUT2D eigenvalue weighted by Crippen LogP contribution is 2.48. The maximum atomic E-state index is 14.3. The van der Waals surface area contributed by atoms with E-state index < -0.39 is 44.7 Å². The Morgan fingerprint density at radius 2 is 1.90 bits per heavy atom. The first-order chi connectivity index (χ1) is 14.0. The van der Waals surface area contributed by atoms with Crippen molar-refractivity contribution in [3.05, 3.63) is 63.1 Å². The van der Waals surface area contributed by atoms with E-state index in [1.807, 2.05) is 0 Å². The third-order valence-electron chi connectivity index (χ3n) is 5.50. The van der Waals surface area contributed by atoms with Crippen LogP contribution in [0.15, 0.2) is 29.1 Å². The van der Waals surface area contributed by atoms with E-state index in [1.165, 1.54) is 19.2 Å². The molecule has 7 nitrogen and oxygen atoms in total. The van der Waals surface area contributed by atoms with Crippen LogP contribution in [0, 0.1) is 18.6 Å².